The van der Waals surface area contributed by atoms with E-state index in [1.165, 1.54) is 6.26 Å². The van der Waals surface area contributed by atoms with Crippen LogP contribution in [0.4, 0.5) is 5.69 Å². The topological polar surface area (TPSA) is 130 Å². The van der Waals surface area contributed by atoms with E-state index in [2.05, 4.69) is 4.98 Å². The molecule has 29 heavy (non-hydrogen) atoms. The third kappa shape index (κ3) is 4.66. The van der Waals surface area contributed by atoms with Crippen molar-refractivity contribution in [1.82, 2.24) is 4.98 Å². The lowest BCUT2D eigenvalue weighted by Gasteiger charge is -2.05. The van der Waals surface area contributed by atoms with Crippen molar-refractivity contribution in [3.63, 3.8) is 0 Å². The summed E-state index contributed by atoms with van der Waals surface area (Å²) in [5.74, 6) is -0.489. The zero-order valence-corrected chi connectivity index (χ0v) is 16.3. The summed E-state index contributed by atoms with van der Waals surface area (Å²) in [4.78, 5) is 26.3. The van der Waals surface area contributed by atoms with Gasteiger partial charge in [-0.3, -0.25) is 10.1 Å². The van der Waals surface area contributed by atoms with Crippen LogP contribution in [0.3, 0.4) is 0 Å². The molecule has 1 aromatic heterocycles. The van der Waals surface area contributed by atoms with Crippen LogP contribution in [-0.4, -0.2) is 30.6 Å². The van der Waals surface area contributed by atoms with Gasteiger partial charge in [-0.25, -0.2) is 18.2 Å². The number of nitrogens with zero attached hydrogens (tertiary/aromatic N) is 2. The number of hydrogen-bond acceptors (Lipinski definition) is 8. The minimum Gasteiger partial charge on any atom is -0.455 e. The van der Waals surface area contributed by atoms with Gasteiger partial charge < -0.3 is 9.15 Å². The fourth-order valence-electron chi connectivity index (χ4n) is 2.53. The highest BCUT2D eigenvalue weighted by Gasteiger charge is 2.24. The molecular formula is C19H16N2O7S. The summed E-state index contributed by atoms with van der Waals surface area (Å²) in [6, 6.07) is 10.6. The Morgan fingerprint density at radius 2 is 1.90 bits per heavy atom. The molecule has 3 aromatic rings. The molecule has 0 bridgehead atoms. The van der Waals surface area contributed by atoms with E-state index in [1.807, 2.05) is 31.2 Å². The second-order valence-electron chi connectivity index (χ2n) is 6.30. The number of ether oxygens (including phenoxy) is 1. The molecule has 0 aliphatic carbocycles. The molecule has 9 nitrogen and oxygen atoms in total. The van der Waals surface area contributed by atoms with Gasteiger partial charge >= 0.3 is 5.97 Å². The van der Waals surface area contributed by atoms with Crippen molar-refractivity contribution < 1.29 is 27.3 Å². The average Bonchev–Trinajstić information content (AvgIpc) is 3.14. The summed E-state index contributed by atoms with van der Waals surface area (Å²) >= 11 is 0. The van der Waals surface area contributed by atoms with Crippen molar-refractivity contribution in [1.29, 1.82) is 0 Å². The Kier molecular flexibility index (Phi) is 5.46. The summed E-state index contributed by atoms with van der Waals surface area (Å²) < 4.78 is 33.8. The maximum atomic E-state index is 12.2. The molecule has 0 N–H and O–H groups in total. The molecule has 0 fully saturated rings. The van der Waals surface area contributed by atoms with Gasteiger partial charge in [0.15, 0.2) is 9.84 Å². The molecule has 2 aromatic carbocycles. The first-order valence-electron chi connectivity index (χ1n) is 8.32. The Hall–Kier alpha value is -3.53. The Labute approximate surface area is 166 Å². The largest absolute Gasteiger partial charge is 0.455 e. The molecule has 0 aliphatic heterocycles. The Morgan fingerprint density at radius 3 is 2.52 bits per heavy atom. The number of esters is 1. The Balaban J connectivity index is 1.74. The number of oxazole rings is 1. The predicted octanol–water partition coefficient (Wildman–Crippen LogP) is 3.32. The number of carbonyl (C=O) groups is 1. The van der Waals surface area contributed by atoms with Crippen LogP contribution in [0.15, 0.2) is 58.0 Å². The van der Waals surface area contributed by atoms with Crippen LogP contribution < -0.4 is 0 Å². The Morgan fingerprint density at radius 1 is 1.21 bits per heavy atom. The predicted molar refractivity (Wildman–Crippen MR) is 102 cm³/mol. The summed E-state index contributed by atoms with van der Waals surface area (Å²) in [6.45, 7) is 1.74. The number of aromatic nitrogens is 1. The maximum absolute atomic E-state index is 12.2. The molecule has 0 saturated carbocycles. The lowest BCUT2D eigenvalue weighted by atomic mass is 10.1. The molecule has 0 unspecified atom stereocenters. The van der Waals surface area contributed by atoms with Gasteiger partial charge in [0, 0.05) is 17.9 Å². The summed E-state index contributed by atoms with van der Waals surface area (Å²) in [5.41, 5.74) is 1.37. The normalized spacial score (nSPS) is 11.2. The fraction of sp³-hybridized carbons (Fsp3) is 0.158. The van der Waals surface area contributed by atoms with Crippen LogP contribution in [0.5, 0.6) is 0 Å². The van der Waals surface area contributed by atoms with Crippen molar-refractivity contribution in [2.45, 2.75) is 18.4 Å². The number of nitro groups is 1. The summed E-state index contributed by atoms with van der Waals surface area (Å²) in [6.07, 6.45) is 2.20. The van der Waals surface area contributed by atoms with E-state index in [1.54, 1.807) is 0 Å². The zero-order chi connectivity index (χ0) is 21.2. The highest BCUT2D eigenvalue weighted by Crippen LogP contribution is 2.25. The molecule has 0 atom stereocenters. The highest BCUT2D eigenvalue weighted by atomic mass is 32.2. The first-order valence-corrected chi connectivity index (χ1v) is 10.2. The van der Waals surface area contributed by atoms with E-state index in [4.69, 9.17) is 9.15 Å². The van der Waals surface area contributed by atoms with Gasteiger partial charge in [-0.15, -0.1) is 0 Å². The smallest absolute Gasteiger partial charge is 0.338 e. The quantitative estimate of drug-likeness (QED) is 0.340. The number of rotatable bonds is 6. The van der Waals surface area contributed by atoms with Gasteiger partial charge in [0.25, 0.3) is 5.69 Å². The molecule has 1 heterocycles. The summed E-state index contributed by atoms with van der Waals surface area (Å²) in [5, 5.41) is 11.1. The van der Waals surface area contributed by atoms with E-state index < -0.39 is 31.3 Å². The monoisotopic (exact) mass is 416 g/mol. The third-order valence-electron chi connectivity index (χ3n) is 3.99. The van der Waals surface area contributed by atoms with Gasteiger partial charge in [-0.05, 0) is 31.2 Å². The first-order chi connectivity index (χ1) is 13.6. The number of hydrogen-bond donors (Lipinski definition) is 0. The van der Waals surface area contributed by atoms with Gasteiger partial charge in [0.1, 0.15) is 23.5 Å². The lowest BCUT2D eigenvalue weighted by molar-refractivity contribution is -0.387. The lowest BCUT2D eigenvalue weighted by Crippen LogP contribution is -2.08. The van der Waals surface area contributed by atoms with E-state index in [9.17, 15) is 23.3 Å². The zero-order valence-electron chi connectivity index (χ0n) is 15.5. The van der Waals surface area contributed by atoms with Gasteiger partial charge in [0.05, 0.1) is 10.5 Å². The van der Waals surface area contributed by atoms with Crippen LogP contribution in [0, 0.1) is 17.0 Å². The van der Waals surface area contributed by atoms with Gasteiger partial charge in [-0.2, -0.15) is 0 Å². The summed E-state index contributed by atoms with van der Waals surface area (Å²) in [7, 11) is -3.82. The van der Waals surface area contributed by atoms with E-state index >= 15 is 0 Å². The van der Waals surface area contributed by atoms with Crippen molar-refractivity contribution >= 4 is 21.5 Å². The minimum atomic E-state index is -3.82. The molecule has 3 rings (SSSR count). The van der Waals surface area contributed by atoms with Crippen molar-refractivity contribution in [2.75, 3.05) is 6.26 Å². The molecule has 0 spiro atoms. The molecule has 10 heteroatoms. The van der Waals surface area contributed by atoms with E-state index in [-0.39, 0.29) is 12.2 Å². The van der Waals surface area contributed by atoms with Gasteiger partial charge in [0.2, 0.25) is 5.89 Å². The molecule has 0 radical (unpaired) electrons. The van der Waals surface area contributed by atoms with Crippen molar-refractivity contribution in [2.24, 2.45) is 0 Å². The SMILES string of the molecule is Cc1ccc(-c2nc(COC(=O)c3ccc(S(C)(=O)=O)c([N+](=O)[O-])c3)co2)cc1. The van der Waals surface area contributed by atoms with Crippen LogP contribution in [-0.2, 0) is 21.2 Å². The number of aryl methyl sites for hydroxylation is 1. The maximum Gasteiger partial charge on any atom is 0.338 e. The molecule has 0 saturated heterocycles. The number of carbonyl (C=O) groups excluding carboxylic acids is 1. The van der Waals surface area contributed by atoms with Crippen molar-refractivity contribution in [3.8, 4) is 11.5 Å². The Bertz CT molecular complexity index is 1180. The van der Waals surface area contributed by atoms with Crippen LogP contribution in [0.2, 0.25) is 0 Å². The van der Waals surface area contributed by atoms with Crippen LogP contribution in [0.1, 0.15) is 21.6 Å². The third-order valence-corrected chi connectivity index (χ3v) is 5.14. The number of sulfone groups is 1. The fourth-order valence-corrected chi connectivity index (χ4v) is 3.35. The second kappa shape index (κ2) is 7.84. The molecule has 0 amide bonds. The molecular weight excluding hydrogens is 400 g/mol. The van der Waals surface area contributed by atoms with Crippen molar-refractivity contribution in [3.05, 3.63) is 75.7 Å². The van der Waals surface area contributed by atoms with Crippen LogP contribution >= 0.6 is 0 Å². The number of nitro benzene ring substituents is 1. The second-order valence-corrected chi connectivity index (χ2v) is 8.28. The van der Waals surface area contributed by atoms with Gasteiger partial charge in [-0.1, -0.05) is 17.7 Å². The van der Waals surface area contributed by atoms with Crippen LogP contribution in [0.25, 0.3) is 11.5 Å². The van der Waals surface area contributed by atoms with E-state index in [0.29, 0.717) is 11.6 Å². The standard InChI is InChI=1S/C19H16N2O7S/c1-12-3-5-13(6-4-12)18-20-15(10-27-18)11-28-19(22)14-7-8-17(29(2,25)26)16(9-14)21(23)24/h3-10H,11H2,1-2H3. The number of benzene rings is 2. The minimum absolute atomic E-state index is 0.147. The first kappa shape index (κ1) is 20.2. The highest BCUT2D eigenvalue weighted by molar-refractivity contribution is 7.90. The molecule has 0 aliphatic rings. The van der Waals surface area contributed by atoms with E-state index in [0.717, 1.165) is 35.6 Å². The molecule has 150 valence electrons. The average molecular weight is 416 g/mol.